The molecule has 0 aromatic heterocycles. The first-order valence-corrected chi connectivity index (χ1v) is 4.53. The van der Waals surface area contributed by atoms with Crippen LogP contribution in [-0.4, -0.2) is 5.11 Å². The number of aliphatic hydroxyl groups is 1. The fourth-order valence-electron chi connectivity index (χ4n) is 1.21. The van der Waals surface area contributed by atoms with Gasteiger partial charge in [-0.3, -0.25) is 0 Å². The van der Waals surface area contributed by atoms with E-state index in [1.54, 1.807) is 12.1 Å². The number of halogens is 2. The van der Waals surface area contributed by atoms with E-state index in [1.165, 1.54) is 0 Å². The van der Waals surface area contributed by atoms with Crippen molar-refractivity contribution in [2.75, 3.05) is 0 Å². The Kier molecular flexibility index (Phi) is 3.28. The molecule has 0 saturated carbocycles. The van der Waals surface area contributed by atoms with E-state index in [2.05, 4.69) is 0 Å². The largest absolute Gasteiger partial charge is 0.392 e. The van der Waals surface area contributed by atoms with Crippen molar-refractivity contribution in [3.05, 3.63) is 34.1 Å². The van der Waals surface area contributed by atoms with Crippen molar-refractivity contribution >= 4 is 11.6 Å². The van der Waals surface area contributed by atoms with Gasteiger partial charge < -0.3 is 5.11 Å². The summed E-state index contributed by atoms with van der Waals surface area (Å²) in [5.41, 5.74) is 0.779. The van der Waals surface area contributed by atoms with Crippen LogP contribution in [0, 0.1) is 5.82 Å². The molecule has 1 aromatic carbocycles. The minimum atomic E-state index is -0.384. The van der Waals surface area contributed by atoms with Gasteiger partial charge in [0.1, 0.15) is 5.82 Å². The minimum absolute atomic E-state index is 0.0996. The molecule has 13 heavy (non-hydrogen) atoms. The lowest BCUT2D eigenvalue weighted by molar-refractivity contribution is 0.275. The van der Waals surface area contributed by atoms with Crippen LogP contribution < -0.4 is 0 Å². The first kappa shape index (κ1) is 10.5. The molecule has 0 heterocycles. The Morgan fingerprint density at radius 2 is 2.08 bits per heavy atom. The molecular weight excluding hydrogens is 191 g/mol. The Morgan fingerprint density at radius 3 is 2.54 bits per heavy atom. The van der Waals surface area contributed by atoms with Crippen molar-refractivity contribution in [2.45, 2.75) is 26.4 Å². The average molecular weight is 203 g/mol. The van der Waals surface area contributed by atoms with Gasteiger partial charge in [0.2, 0.25) is 0 Å². The topological polar surface area (TPSA) is 20.2 Å². The molecule has 1 rings (SSSR count). The number of rotatable bonds is 2. The van der Waals surface area contributed by atoms with Crippen LogP contribution in [0.25, 0.3) is 0 Å². The quantitative estimate of drug-likeness (QED) is 0.782. The Bertz CT molecular complexity index is 310. The van der Waals surface area contributed by atoms with E-state index in [9.17, 15) is 4.39 Å². The molecular formula is C10H12ClFO. The van der Waals surface area contributed by atoms with Crippen LogP contribution in [0.5, 0.6) is 0 Å². The number of aliphatic hydroxyl groups excluding tert-OH is 1. The molecule has 1 aromatic rings. The summed E-state index contributed by atoms with van der Waals surface area (Å²) < 4.78 is 13.5. The van der Waals surface area contributed by atoms with E-state index in [4.69, 9.17) is 16.7 Å². The highest BCUT2D eigenvalue weighted by Gasteiger charge is 2.13. The lowest BCUT2D eigenvalue weighted by Gasteiger charge is -2.10. The molecule has 1 N–H and O–H groups in total. The second-order valence-corrected chi connectivity index (χ2v) is 3.65. The summed E-state index contributed by atoms with van der Waals surface area (Å²) in [6.45, 7) is 3.44. The summed E-state index contributed by atoms with van der Waals surface area (Å²) in [5.74, 6) is -0.285. The zero-order valence-corrected chi connectivity index (χ0v) is 8.40. The van der Waals surface area contributed by atoms with Gasteiger partial charge in [-0.05, 0) is 17.5 Å². The van der Waals surface area contributed by atoms with Crippen molar-refractivity contribution in [1.29, 1.82) is 0 Å². The third-order valence-electron chi connectivity index (χ3n) is 2.00. The van der Waals surface area contributed by atoms with Crippen molar-refractivity contribution in [3.63, 3.8) is 0 Å². The maximum atomic E-state index is 13.5. The first-order valence-electron chi connectivity index (χ1n) is 4.15. The third-order valence-corrected chi connectivity index (χ3v) is 2.35. The van der Waals surface area contributed by atoms with Crippen LogP contribution in [0.15, 0.2) is 12.1 Å². The SMILES string of the molecule is CC(C)c1ccc(Cl)c(CO)c1F. The van der Waals surface area contributed by atoms with E-state index >= 15 is 0 Å². The molecule has 0 radical (unpaired) electrons. The van der Waals surface area contributed by atoms with E-state index in [0.29, 0.717) is 5.56 Å². The van der Waals surface area contributed by atoms with Gasteiger partial charge in [-0.2, -0.15) is 0 Å². The Hall–Kier alpha value is -0.600. The maximum absolute atomic E-state index is 13.5. The van der Waals surface area contributed by atoms with Gasteiger partial charge in [-0.1, -0.05) is 31.5 Å². The van der Waals surface area contributed by atoms with E-state index < -0.39 is 0 Å². The zero-order chi connectivity index (χ0) is 10.0. The lowest BCUT2D eigenvalue weighted by atomic mass is 10.00. The van der Waals surface area contributed by atoms with Crippen LogP contribution in [0.3, 0.4) is 0 Å². The molecule has 0 bridgehead atoms. The van der Waals surface area contributed by atoms with Gasteiger partial charge in [-0.25, -0.2) is 4.39 Å². The molecule has 0 fully saturated rings. The number of hydrogen-bond acceptors (Lipinski definition) is 1. The van der Waals surface area contributed by atoms with Crippen LogP contribution in [0.4, 0.5) is 4.39 Å². The number of benzene rings is 1. The summed E-state index contributed by atoms with van der Waals surface area (Å²) in [5, 5.41) is 9.16. The van der Waals surface area contributed by atoms with Gasteiger partial charge in [0, 0.05) is 10.6 Å². The first-order chi connectivity index (χ1) is 6.07. The van der Waals surface area contributed by atoms with E-state index in [-0.39, 0.29) is 28.9 Å². The third kappa shape index (κ3) is 2.01. The smallest absolute Gasteiger partial charge is 0.133 e. The van der Waals surface area contributed by atoms with Gasteiger partial charge in [0.25, 0.3) is 0 Å². The molecule has 0 aliphatic heterocycles. The van der Waals surface area contributed by atoms with Gasteiger partial charge in [-0.15, -0.1) is 0 Å². The highest BCUT2D eigenvalue weighted by Crippen LogP contribution is 2.26. The summed E-state index contributed by atoms with van der Waals surface area (Å²) in [6, 6.07) is 3.27. The summed E-state index contributed by atoms with van der Waals surface area (Å²) >= 11 is 5.71. The van der Waals surface area contributed by atoms with Crippen LogP contribution in [0.1, 0.15) is 30.9 Å². The minimum Gasteiger partial charge on any atom is -0.392 e. The normalized spacial score (nSPS) is 10.9. The van der Waals surface area contributed by atoms with Crippen LogP contribution >= 0.6 is 11.6 Å². The fourth-order valence-corrected chi connectivity index (χ4v) is 1.41. The molecule has 0 unspecified atom stereocenters. The Labute approximate surface area is 82.2 Å². The van der Waals surface area contributed by atoms with Crippen molar-refractivity contribution in [2.24, 2.45) is 0 Å². The van der Waals surface area contributed by atoms with Crippen molar-refractivity contribution in [1.82, 2.24) is 0 Å². The summed E-state index contributed by atoms with van der Waals surface area (Å²) in [7, 11) is 0. The molecule has 0 spiro atoms. The van der Waals surface area contributed by atoms with Crippen LogP contribution in [-0.2, 0) is 6.61 Å². The van der Waals surface area contributed by atoms with Gasteiger partial charge in [0.15, 0.2) is 0 Å². The molecule has 72 valence electrons. The molecule has 3 heteroatoms. The maximum Gasteiger partial charge on any atom is 0.133 e. The summed E-state index contributed by atoms with van der Waals surface area (Å²) in [6.07, 6.45) is 0. The fraction of sp³-hybridized carbons (Fsp3) is 0.400. The molecule has 0 aliphatic rings. The molecule has 0 saturated heterocycles. The second-order valence-electron chi connectivity index (χ2n) is 3.24. The molecule has 0 atom stereocenters. The van der Waals surface area contributed by atoms with Crippen molar-refractivity contribution in [3.8, 4) is 0 Å². The zero-order valence-electron chi connectivity index (χ0n) is 7.64. The highest BCUT2D eigenvalue weighted by molar-refractivity contribution is 6.31. The van der Waals surface area contributed by atoms with Gasteiger partial charge >= 0.3 is 0 Å². The monoisotopic (exact) mass is 202 g/mol. The predicted molar refractivity (Wildman–Crippen MR) is 51.4 cm³/mol. The summed E-state index contributed by atoms with van der Waals surface area (Å²) in [4.78, 5) is 0. The van der Waals surface area contributed by atoms with E-state index in [0.717, 1.165) is 0 Å². The molecule has 0 aliphatic carbocycles. The van der Waals surface area contributed by atoms with E-state index in [1.807, 2.05) is 13.8 Å². The average Bonchev–Trinajstić information content (AvgIpc) is 2.04. The molecule has 1 nitrogen and oxygen atoms in total. The Morgan fingerprint density at radius 1 is 1.46 bits per heavy atom. The molecule has 0 amide bonds. The van der Waals surface area contributed by atoms with Crippen molar-refractivity contribution < 1.29 is 9.50 Å². The predicted octanol–water partition coefficient (Wildman–Crippen LogP) is 3.09. The standard InChI is InChI=1S/C10H12ClFO/c1-6(2)7-3-4-9(11)8(5-13)10(7)12/h3-4,6,13H,5H2,1-2H3. The second kappa shape index (κ2) is 4.07. The van der Waals surface area contributed by atoms with Crippen LogP contribution in [0.2, 0.25) is 5.02 Å². The Balaban J connectivity index is 3.27. The highest BCUT2D eigenvalue weighted by atomic mass is 35.5. The lowest BCUT2D eigenvalue weighted by Crippen LogP contribution is -1.99. The number of hydrogen-bond donors (Lipinski definition) is 1. The van der Waals surface area contributed by atoms with Gasteiger partial charge in [0.05, 0.1) is 6.61 Å².